The van der Waals surface area contributed by atoms with Crippen molar-refractivity contribution in [1.29, 1.82) is 0 Å². The summed E-state index contributed by atoms with van der Waals surface area (Å²) < 4.78 is 5.42. The van der Waals surface area contributed by atoms with Gasteiger partial charge in [0.25, 0.3) is 0 Å². The van der Waals surface area contributed by atoms with Gasteiger partial charge in [-0.1, -0.05) is 35.9 Å². The number of benzene rings is 1. The number of likely N-dealkylation sites (tertiary alicyclic amines) is 1. The van der Waals surface area contributed by atoms with Crippen LogP contribution >= 0.6 is 0 Å². The summed E-state index contributed by atoms with van der Waals surface area (Å²) in [5.41, 5.74) is 7.82. The Morgan fingerprint density at radius 1 is 1.03 bits per heavy atom. The highest BCUT2D eigenvalue weighted by molar-refractivity contribution is 5.84. The number of hydrogen-bond donors (Lipinski definition) is 0. The lowest BCUT2D eigenvalue weighted by molar-refractivity contribution is 0.0935. The zero-order valence-corrected chi connectivity index (χ0v) is 17.4. The third-order valence-electron chi connectivity index (χ3n) is 5.82. The van der Waals surface area contributed by atoms with Crippen LogP contribution in [0.3, 0.4) is 0 Å². The van der Waals surface area contributed by atoms with E-state index in [2.05, 4.69) is 30.3 Å². The molecule has 5 heteroatoms. The minimum absolute atomic E-state index is 0.198. The van der Waals surface area contributed by atoms with Crippen molar-refractivity contribution < 1.29 is 9.53 Å². The van der Waals surface area contributed by atoms with E-state index in [4.69, 9.17) is 9.72 Å². The highest BCUT2D eigenvalue weighted by Gasteiger charge is 2.26. The Kier molecular flexibility index (Phi) is 5.95. The third-order valence-corrected chi connectivity index (χ3v) is 5.82. The summed E-state index contributed by atoms with van der Waals surface area (Å²) in [6.45, 7) is 2.57. The summed E-state index contributed by atoms with van der Waals surface area (Å²) >= 11 is 0. The average molecular weight is 392 g/mol. The van der Waals surface area contributed by atoms with Crippen LogP contribution in [0.15, 0.2) is 48.2 Å². The van der Waals surface area contributed by atoms with E-state index in [0.717, 1.165) is 37.9 Å². The zero-order chi connectivity index (χ0) is 20.2. The number of likely N-dealkylation sites (N-methyl/N-ethyl adjacent to an activating group) is 1. The van der Waals surface area contributed by atoms with Gasteiger partial charge in [-0.25, -0.2) is 4.79 Å². The summed E-state index contributed by atoms with van der Waals surface area (Å²) in [4.78, 5) is 21.0. The van der Waals surface area contributed by atoms with Crippen LogP contribution in [0.4, 0.5) is 4.79 Å². The zero-order valence-electron chi connectivity index (χ0n) is 17.4. The highest BCUT2D eigenvalue weighted by atomic mass is 16.6. The first-order chi connectivity index (χ1) is 14.1. The molecule has 0 atom stereocenters. The summed E-state index contributed by atoms with van der Waals surface area (Å²) in [5.74, 6) is 0. The lowest BCUT2D eigenvalue weighted by Crippen LogP contribution is -2.38. The molecular weight excluding hydrogens is 362 g/mol. The third kappa shape index (κ3) is 4.35. The molecule has 1 saturated heterocycles. The molecule has 1 aromatic carbocycles. The maximum absolute atomic E-state index is 12.4. The number of ether oxygens (including phenoxy) is 1. The second kappa shape index (κ2) is 8.78. The molecule has 0 N–H and O–H groups in total. The maximum Gasteiger partial charge on any atom is 0.409 e. The SMILES string of the molecule is CN(C)CCOC(=O)N1CCC(=C2c3ccccc3CCc3cccnc32)CC1. The average Bonchev–Trinajstić information content (AvgIpc) is 2.90. The van der Waals surface area contributed by atoms with Crippen LogP contribution in [0, 0.1) is 0 Å². The molecule has 0 bridgehead atoms. The predicted octanol–water partition coefficient (Wildman–Crippen LogP) is 3.78. The smallest absolute Gasteiger partial charge is 0.409 e. The van der Waals surface area contributed by atoms with Crippen molar-refractivity contribution in [2.75, 3.05) is 40.3 Å². The molecular formula is C24H29N3O2. The van der Waals surface area contributed by atoms with Crippen molar-refractivity contribution in [3.8, 4) is 0 Å². The lowest BCUT2D eigenvalue weighted by atomic mass is 9.89. The van der Waals surface area contributed by atoms with Crippen LogP contribution in [-0.2, 0) is 17.6 Å². The molecule has 2 heterocycles. The number of rotatable bonds is 3. The van der Waals surface area contributed by atoms with Gasteiger partial charge in [0, 0.05) is 31.4 Å². The molecule has 0 saturated carbocycles. The first kappa shape index (κ1) is 19.6. The Hall–Kier alpha value is -2.66. The molecule has 1 aliphatic heterocycles. The number of carbonyl (C=O) groups excluding carboxylic acids is 1. The van der Waals surface area contributed by atoms with Gasteiger partial charge in [-0.05, 0) is 62.5 Å². The molecule has 152 valence electrons. The van der Waals surface area contributed by atoms with Gasteiger partial charge in [0.15, 0.2) is 0 Å². The molecule has 2 aliphatic rings. The number of piperidine rings is 1. The van der Waals surface area contributed by atoms with Gasteiger partial charge in [-0.3, -0.25) is 4.98 Å². The number of carbonyl (C=O) groups is 1. The standard InChI is InChI=1S/C24H29N3O2/c1-26(2)16-17-29-24(28)27-14-11-19(12-15-27)22-21-8-4-3-6-18(21)9-10-20-7-5-13-25-23(20)22/h3-8,13H,9-12,14-17H2,1-2H3. The summed E-state index contributed by atoms with van der Waals surface area (Å²) in [7, 11) is 3.95. The van der Waals surface area contributed by atoms with E-state index in [1.165, 1.54) is 27.8 Å². The minimum Gasteiger partial charge on any atom is -0.448 e. The number of pyridine rings is 1. The Morgan fingerprint density at radius 2 is 1.76 bits per heavy atom. The largest absolute Gasteiger partial charge is 0.448 e. The summed E-state index contributed by atoms with van der Waals surface area (Å²) in [5, 5.41) is 0. The number of aryl methyl sites for hydroxylation is 2. The quantitative estimate of drug-likeness (QED) is 0.799. The Balaban J connectivity index is 1.58. The minimum atomic E-state index is -0.198. The van der Waals surface area contributed by atoms with Crippen LogP contribution in [0.2, 0.25) is 0 Å². The van der Waals surface area contributed by atoms with Gasteiger partial charge >= 0.3 is 6.09 Å². The van der Waals surface area contributed by atoms with Gasteiger partial charge in [0.2, 0.25) is 0 Å². The Labute approximate surface area is 173 Å². The fourth-order valence-corrected chi connectivity index (χ4v) is 4.22. The van der Waals surface area contributed by atoms with Gasteiger partial charge in [0.05, 0.1) is 5.69 Å². The van der Waals surface area contributed by atoms with E-state index in [1.54, 1.807) is 0 Å². The number of hydrogen-bond acceptors (Lipinski definition) is 4. The van der Waals surface area contributed by atoms with Crippen LogP contribution in [-0.4, -0.2) is 61.2 Å². The van der Waals surface area contributed by atoms with Crippen LogP contribution in [0.25, 0.3) is 5.57 Å². The van der Waals surface area contributed by atoms with E-state index >= 15 is 0 Å². The monoisotopic (exact) mass is 391 g/mol. The van der Waals surface area contributed by atoms with E-state index in [1.807, 2.05) is 36.2 Å². The molecule has 0 spiro atoms. The molecule has 1 fully saturated rings. The van der Waals surface area contributed by atoms with Crippen LogP contribution in [0.5, 0.6) is 0 Å². The highest BCUT2D eigenvalue weighted by Crippen LogP contribution is 2.37. The molecule has 1 amide bonds. The molecule has 4 rings (SSSR count). The van der Waals surface area contributed by atoms with Gasteiger partial charge < -0.3 is 14.5 Å². The van der Waals surface area contributed by atoms with Crippen molar-refractivity contribution >= 4 is 11.7 Å². The van der Waals surface area contributed by atoms with Crippen LogP contribution in [0.1, 0.15) is 35.2 Å². The topological polar surface area (TPSA) is 45.7 Å². The van der Waals surface area contributed by atoms with Gasteiger partial charge in [-0.2, -0.15) is 0 Å². The van der Waals surface area contributed by atoms with Gasteiger partial charge in [0.1, 0.15) is 6.61 Å². The lowest BCUT2D eigenvalue weighted by Gasteiger charge is -2.30. The van der Waals surface area contributed by atoms with E-state index < -0.39 is 0 Å². The fourth-order valence-electron chi connectivity index (χ4n) is 4.22. The Bertz CT molecular complexity index is 860. The molecule has 0 unspecified atom stereocenters. The number of amides is 1. The molecule has 5 nitrogen and oxygen atoms in total. The number of aromatic nitrogens is 1. The molecule has 0 radical (unpaired) electrons. The first-order valence-electron chi connectivity index (χ1n) is 10.4. The molecule has 2 aromatic rings. The summed E-state index contributed by atoms with van der Waals surface area (Å²) in [6.07, 6.45) is 5.47. The molecule has 1 aromatic heterocycles. The van der Waals surface area contributed by atoms with E-state index in [-0.39, 0.29) is 6.09 Å². The van der Waals surface area contributed by atoms with Crippen LogP contribution < -0.4 is 0 Å². The predicted molar refractivity (Wildman–Crippen MR) is 115 cm³/mol. The van der Waals surface area contributed by atoms with Crippen molar-refractivity contribution in [2.45, 2.75) is 25.7 Å². The van der Waals surface area contributed by atoms with Crippen molar-refractivity contribution in [2.24, 2.45) is 0 Å². The molecule has 29 heavy (non-hydrogen) atoms. The second-order valence-corrected chi connectivity index (χ2v) is 8.05. The normalized spacial score (nSPS) is 16.3. The number of fused-ring (bicyclic) bond motifs is 2. The summed E-state index contributed by atoms with van der Waals surface area (Å²) in [6, 6.07) is 12.9. The van der Waals surface area contributed by atoms with Crippen molar-refractivity contribution in [3.05, 3.63) is 70.6 Å². The van der Waals surface area contributed by atoms with E-state index in [9.17, 15) is 4.79 Å². The first-order valence-corrected chi connectivity index (χ1v) is 10.4. The maximum atomic E-state index is 12.4. The van der Waals surface area contributed by atoms with Gasteiger partial charge in [-0.15, -0.1) is 0 Å². The second-order valence-electron chi connectivity index (χ2n) is 8.05. The van der Waals surface area contributed by atoms with E-state index in [0.29, 0.717) is 19.7 Å². The van der Waals surface area contributed by atoms with Crippen molar-refractivity contribution in [1.82, 2.24) is 14.8 Å². The number of nitrogens with zero attached hydrogens (tertiary/aromatic N) is 3. The van der Waals surface area contributed by atoms with Crippen molar-refractivity contribution in [3.63, 3.8) is 0 Å². The Morgan fingerprint density at radius 3 is 2.55 bits per heavy atom. The fraction of sp³-hybridized carbons (Fsp3) is 0.417. The molecule has 1 aliphatic carbocycles.